The van der Waals surface area contributed by atoms with Crippen molar-refractivity contribution in [3.05, 3.63) is 28.2 Å². The van der Waals surface area contributed by atoms with Crippen molar-refractivity contribution in [2.75, 3.05) is 12.3 Å². The van der Waals surface area contributed by atoms with Gasteiger partial charge in [-0.25, -0.2) is 0 Å². The van der Waals surface area contributed by atoms with E-state index in [2.05, 4.69) is 26.1 Å². The van der Waals surface area contributed by atoms with Gasteiger partial charge in [0.15, 0.2) is 5.16 Å². The third-order valence-corrected chi connectivity index (χ3v) is 5.17. The summed E-state index contributed by atoms with van der Waals surface area (Å²) in [6, 6.07) is 4.55. The van der Waals surface area contributed by atoms with Crippen LogP contribution in [0, 0.1) is 0 Å². The van der Waals surface area contributed by atoms with Gasteiger partial charge in [0.1, 0.15) is 5.82 Å². The summed E-state index contributed by atoms with van der Waals surface area (Å²) < 4.78 is 2.14. The zero-order valence-corrected chi connectivity index (χ0v) is 14.0. The van der Waals surface area contributed by atoms with Crippen LogP contribution < -0.4 is 11.1 Å². The van der Waals surface area contributed by atoms with Crippen molar-refractivity contribution in [2.45, 2.75) is 30.5 Å². The number of carbonyl (C=O) groups excluding carboxylic acids is 2. The zero-order chi connectivity index (χ0) is 16.2. The molecule has 3 rings (SSSR count). The normalized spacial score (nSPS) is 13.9. The lowest BCUT2D eigenvalue weighted by Crippen LogP contribution is -2.34. The Bertz CT molecular complexity index is 694. The van der Waals surface area contributed by atoms with E-state index >= 15 is 0 Å². The van der Waals surface area contributed by atoms with Crippen LogP contribution in [0.1, 0.15) is 29.6 Å². The summed E-state index contributed by atoms with van der Waals surface area (Å²) in [5, 5.41) is 13.8. The summed E-state index contributed by atoms with van der Waals surface area (Å²) in [6.07, 6.45) is 3.00. The van der Waals surface area contributed by atoms with Crippen molar-refractivity contribution in [3.8, 4) is 0 Å². The van der Waals surface area contributed by atoms with Crippen LogP contribution >= 0.6 is 23.1 Å². The number of rotatable bonds is 8. The second-order valence-electron chi connectivity index (χ2n) is 5.29. The third kappa shape index (κ3) is 4.32. The maximum Gasteiger partial charge on any atom is 0.236 e. The van der Waals surface area contributed by atoms with Gasteiger partial charge in [0.2, 0.25) is 11.8 Å². The third-order valence-electron chi connectivity index (χ3n) is 3.35. The Kier molecular flexibility index (Phi) is 4.97. The van der Waals surface area contributed by atoms with Crippen LogP contribution in [0.15, 0.2) is 22.7 Å². The van der Waals surface area contributed by atoms with E-state index in [1.807, 2.05) is 11.4 Å². The molecule has 0 unspecified atom stereocenters. The number of hydrogen-bond acceptors (Lipinski definition) is 6. The van der Waals surface area contributed by atoms with Gasteiger partial charge in [-0.15, -0.1) is 21.5 Å². The molecule has 2 heterocycles. The summed E-state index contributed by atoms with van der Waals surface area (Å²) in [6.45, 7) is -0.141. The Hall–Kier alpha value is -1.87. The SMILES string of the molecule is NC(=O)CNC(=O)CSc1nnc(Cc2cccs2)n1C1CC1. The monoisotopic (exact) mass is 351 g/mol. The molecule has 0 aliphatic heterocycles. The summed E-state index contributed by atoms with van der Waals surface area (Å²) in [7, 11) is 0. The Morgan fingerprint density at radius 3 is 2.91 bits per heavy atom. The van der Waals surface area contributed by atoms with Crippen LogP contribution in [0.25, 0.3) is 0 Å². The Morgan fingerprint density at radius 1 is 1.43 bits per heavy atom. The molecule has 1 aliphatic carbocycles. The summed E-state index contributed by atoms with van der Waals surface area (Å²) >= 11 is 3.04. The molecule has 0 spiro atoms. The highest BCUT2D eigenvalue weighted by Crippen LogP contribution is 2.39. The van der Waals surface area contributed by atoms with Gasteiger partial charge in [-0.2, -0.15) is 0 Å². The van der Waals surface area contributed by atoms with Gasteiger partial charge in [0.25, 0.3) is 0 Å². The van der Waals surface area contributed by atoms with Gasteiger partial charge >= 0.3 is 0 Å². The average molecular weight is 351 g/mol. The molecule has 2 aromatic rings. The number of hydrogen-bond donors (Lipinski definition) is 2. The van der Waals surface area contributed by atoms with Gasteiger partial charge in [0, 0.05) is 17.3 Å². The van der Waals surface area contributed by atoms with E-state index in [9.17, 15) is 9.59 Å². The first-order valence-electron chi connectivity index (χ1n) is 7.27. The number of primary amides is 1. The predicted octanol–water partition coefficient (Wildman–Crippen LogP) is 0.959. The molecular formula is C14H17N5O2S2. The number of nitrogens with two attached hydrogens (primary N) is 1. The van der Waals surface area contributed by atoms with E-state index < -0.39 is 5.91 Å². The number of nitrogens with one attached hydrogen (secondary N) is 1. The molecule has 2 amide bonds. The minimum absolute atomic E-state index is 0.141. The zero-order valence-electron chi connectivity index (χ0n) is 12.4. The minimum atomic E-state index is -0.553. The standard InChI is InChI=1S/C14H17N5O2S2/c15-11(20)7-16-13(21)8-23-14-18-17-12(19(14)9-3-4-9)6-10-2-1-5-22-10/h1-2,5,9H,3-4,6-8H2,(H2,15,20)(H,16,21). The summed E-state index contributed by atoms with van der Waals surface area (Å²) in [5.74, 6) is 0.341. The van der Waals surface area contributed by atoms with Gasteiger partial charge in [-0.1, -0.05) is 17.8 Å². The highest BCUT2D eigenvalue weighted by atomic mass is 32.2. The topological polar surface area (TPSA) is 103 Å². The number of thioether (sulfide) groups is 1. The van der Waals surface area contributed by atoms with Crippen LogP contribution in [0.4, 0.5) is 0 Å². The van der Waals surface area contributed by atoms with E-state index in [1.165, 1.54) is 16.6 Å². The van der Waals surface area contributed by atoms with Crippen LogP contribution in [-0.2, 0) is 16.0 Å². The molecule has 3 N–H and O–H groups in total. The van der Waals surface area contributed by atoms with Crippen LogP contribution in [0.3, 0.4) is 0 Å². The van der Waals surface area contributed by atoms with Crippen molar-refractivity contribution < 1.29 is 9.59 Å². The maximum absolute atomic E-state index is 11.7. The first-order valence-corrected chi connectivity index (χ1v) is 9.14. The van der Waals surface area contributed by atoms with Crippen molar-refractivity contribution in [1.29, 1.82) is 0 Å². The molecule has 1 saturated carbocycles. The smallest absolute Gasteiger partial charge is 0.236 e. The largest absolute Gasteiger partial charge is 0.368 e. The number of aromatic nitrogens is 3. The van der Waals surface area contributed by atoms with Crippen LogP contribution in [-0.4, -0.2) is 38.9 Å². The lowest BCUT2D eigenvalue weighted by Gasteiger charge is -2.08. The molecule has 1 aliphatic rings. The Morgan fingerprint density at radius 2 is 2.26 bits per heavy atom. The molecule has 0 atom stereocenters. The van der Waals surface area contributed by atoms with E-state index in [-0.39, 0.29) is 18.2 Å². The number of amides is 2. The molecule has 23 heavy (non-hydrogen) atoms. The van der Waals surface area contributed by atoms with Gasteiger partial charge in [-0.3, -0.25) is 9.59 Å². The van der Waals surface area contributed by atoms with Crippen molar-refractivity contribution >= 4 is 34.9 Å². The lowest BCUT2D eigenvalue weighted by molar-refractivity contribution is -0.123. The van der Waals surface area contributed by atoms with E-state index in [1.54, 1.807) is 11.3 Å². The maximum atomic E-state index is 11.7. The van der Waals surface area contributed by atoms with E-state index in [0.717, 1.165) is 30.2 Å². The average Bonchev–Trinajstić information content (AvgIpc) is 3.07. The summed E-state index contributed by atoms with van der Waals surface area (Å²) in [5.41, 5.74) is 5.00. The predicted molar refractivity (Wildman–Crippen MR) is 88.3 cm³/mol. The fourth-order valence-corrected chi connectivity index (χ4v) is 3.72. The molecule has 9 heteroatoms. The summed E-state index contributed by atoms with van der Waals surface area (Å²) in [4.78, 5) is 23.6. The minimum Gasteiger partial charge on any atom is -0.368 e. The molecule has 0 radical (unpaired) electrons. The number of thiophene rings is 1. The molecule has 1 fully saturated rings. The molecule has 2 aromatic heterocycles. The van der Waals surface area contributed by atoms with Crippen molar-refractivity contribution in [2.24, 2.45) is 5.73 Å². The fraction of sp³-hybridized carbons (Fsp3) is 0.429. The molecular weight excluding hydrogens is 334 g/mol. The van der Waals surface area contributed by atoms with Crippen LogP contribution in [0.2, 0.25) is 0 Å². The quantitative estimate of drug-likeness (QED) is 0.690. The molecule has 0 bridgehead atoms. The molecule has 7 nitrogen and oxygen atoms in total. The first-order chi connectivity index (χ1) is 11.1. The van der Waals surface area contributed by atoms with Crippen molar-refractivity contribution in [1.82, 2.24) is 20.1 Å². The van der Waals surface area contributed by atoms with Gasteiger partial charge < -0.3 is 15.6 Å². The highest BCUT2D eigenvalue weighted by molar-refractivity contribution is 7.99. The Balaban J connectivity index is 1.64. The first kappa shape index (κ1) is 16.0. The highest BCUT2D eigenvalue weighted by Gasteiger charge is 2.29. The van der Waals surface area contributed by atoms with Gasteiger partial charge in [0.05, 0.1) is 12.3 Å². The van der Waals surface area contributed by atoms with E-state index in [0.29, 0.717) is 6.04 Å². The fourth-order valence-electron chi connectivity index (χ4n) is 2.16. The Labute approximate surface area is 141 Å². The molecule has 122 valence electrons. The van der Waals surface area contributed by atoms with E-state index in [4.69, 9.17) is 5.73 Å². The van der Waals surface area contributed by atoms with Crippen LogP contribution in [0.5, 0.6) is 0 Å². The van der Waals surface area contributed by atoms with Gasteiger partial charge in [-0.05, 0) is 24.3 Å². The lowest BCUT2D eigenvalue weighted by atomic mass is 10.3. The second kappa shape index (κ2) is 7.14. The molecule has 0 aromatic carbocycles. The second-order valence-corrected chi connectivity index (χ2v) is 7.26. The molecule has 0 saturated heterocycles. The number of nitrogens with zero attached hydrogens (tertiary/aromatic N) is 3. The van der Waals surface area contributed by atoms with Crippen molar-refractivity contribution in [3.63, 3.8) is 0 Å². The number of carbonyl (C=O) groups is 2.